The van der Waals surface area contributed by atoms with Gasteiger partial charge in [0.05, 0.1) is 12.5 Å². The number of amides is 1. The zero-order valence-electron chi connectivity index (χ0n) is 23.9. The van der Waals surface area contributed by atoms with Crippen LogP contribution in [-0.4, -0.2) is 72.3 Å². The Morgan fingerprint density at radius 3 is 2.53 bits per heavy atom. The number of fused-ring (bicyclic) bond motifs is 1. The van der Waals surface area contributed by atoms with E-state index in [1.54, 1.807) is 0 Å². The smallest absolute Gasteiger partial charge is 0.308 e. The van der Waals surface area contributed by atoms with Crippen molar-refractivity contribution in [2.45, 2.75) is 78.7 Å². The molecule has 1 aromatic carbocycles. The molecule has 2 aliphatic rings. The van der Waals surface area contributed by atoms with Crippen LogP contribution in [0.2, 0.25) is 0 Å². The fourth-order valence-electron chi connectivity index (χ4n) is 6.04. The third-order valence-corrected chi connectivity index (χ3v) is 7.63. The van der Waals surface area contributed by atoms with Crippen molar-refractivity contribution in [2.75, 3.05) is 39.5 Å². The van der Waals surface area contributed by atoms with Crippen molar-refractivity contribution in [3.05, 3.63) is 35.4 Å². The number of aliphatic carboxylic acids is 1. The van der Waals surface area contributed by atoms with Crippen molar-refractivity contribution in [3.8, 4) is 11.5 Å². The van der Waals surface area contributed by atoms with Crippen LogP contribution >= 0.6 is 0 Å². The Hall–Kier alpha value is -2.58. The Morgan fingerprint density at radius 1 is 1.16 bits per heavy atom. The first-order valence-electron chi connectivity index (χ1n) is 14.1. The molecule has 0 bridgehead atoms. The molecule has 8 heteroatoms. The normalized spacial score (nSPS) is 20.9. The van der Waals surface area contributed by atoms with Crippen LogP contribution in [0.1, 0.15) is 78.2 Å². The van der Waals surface area contributed by atoms with E-state index in [9.17, 15) is 14.7 Å². The van der Waals surface area contributed by atoms with E-state index in [0.29, 0.717) is 37.6 Å². The number of allylic oxidation sites excluding steroid dienone is 2. The topological polar surface area (TPSA) is 105 Å². The van der Waals surface area contributed by atoms with Gasteiger partial charge in [0, 0.05) is 31.6 Å². The van der Waals surface area contributed by atoms with Crippen LogP contribution in [0, 0.1) is 11.3 Å². The molecular formula is C30H47N3O5. The van der Waals surface area contributed by atoms with Crippen molar-refractivity contribution >= 4 is 11.9 Å². The van der Waals surface area contributed by atoms with Gasteiger partial charge >= 0.3 is 5.97 Å². The SMILES string of the molecule is CCCCN(CCCCN)C(=O)CN1C[C@H](c2ccc3c(c2)OCO3)[C@@H](C(=O)O)[C@@H]1CC(C)(C)C=C(C)C. The van der Waals surface area contributed by atoms with Gasteiger partial charge in [-0.1, -0.05) is 44.9 Å². The number of unbranched alkanes of at least 4 members (excludes halogenated alkanes) is 2. The first kappa shape index (κ1) is 30.0. The molecule has 3 rings (SSSR count). The van der Waals surface area contributed by atoms with E-state index in [1.807, 2.05) is 23.1 Å². The summed E-state index contributed by atoms with van der Waals surface area (Å²) in [7, 11) is 0. The van der Waals surface area contributed by atoms with Gasteiger partial charge in [0.25, 0.3) is 0 Å². The number of carboxylic acid groups (broad SMARTS) is 1. The summed E-state index contributed by atoms with van der Waals surface area (Å²) in [4.78, 5) is 30.5. The number of carboxylic acids is 1. The van der Waals surface area contributed by atoms with Crippen molar-refractivity contribution in [1.29, 1.82) is 0 Å². The highest BCUT2D eigenvalue weighted by atomic mass is 16.7. The van der Waals surface area contributed by atoms with Gasteiger partial charge in [-0.05, 0) is 69.2 Å². The van der Waals surface area contributed by atoms with Gasteiger partial charge in [0.1, 0.15) is 0 Å². The molecule has 0 radical (unpaired) electrons. The largest absolute Gasteiger partial charge is 0.481 e. The van der Waals surface area contributed by atoms with Crippen LogP contribution in [0.3, 0.4) is 0 Å². The van der Waals surface area contributed by atoms with Gasteiger partial charge in [-0.15, -0.1) is 0 Å². The molecule has 0 aromatic heterocycles. The van der Waals surface area contributed by atoms with Gasteiger partial charge in [-0.25, -0.2) is 0 Å². The minimum absolute atomic E-state index is 0.0657. The number of hydrogen-bond donors (Lipinski definition) is 2. The van der Waals surface area contributed by atoms with Gasteiger partial charge in [0.2, 0.25) is 12.7 Å². The molecule has 1 fully saturated rings. The number of ether oxygens (including phenoxy) is 2. The minimum Gasteiger partial charge on any atom is -0.481 e. The maximum Gasteiger partial charge on any atom is 0.308 e. The summed E-state index contributed by atoms with van der Waals surface area (Å²) in [5.41, 5.74) is 7.58. The molecule has 2 aliphatic heterocycles. The molecule has 8 nitrogen and oxygen atoms in total. The Morgan fingerprint density at radius 2 is 1.87 bits per heavy atom. The monoisotopic (exact) mass is 529 g/mol. The van der Waals surface area contributed by atoms with Crippen LogP contribution in [0.15, 0.2) is 29.8 Å². The van der Waals surface area contributed by atoms with Crippen LogP contribution in [0.4, 0.5) is 0 Å². The molecule has 0 unspecified atom stereocenters. The van der Waals surface area contributed by atoms with Crippen molar-refractivity contribution in [1.82, 2.24) is 9.80 Å². The number of likely N-dealkylation sites (tertiary alicyclic amines) is 1. The fraction of sp³-hybridized carbons (Fsp3) is 0.667. The average molecular weight is 530 g/mol. The Labute approximate surface area is 228 Å². The standard InChI is InChI=1S/C30H47N3O5/c1-6-7-13-32(14-9-8-12-31)27(34)19-33-18-23(22-10-11-25-26(15-22)38-20-37-25)28(29(35)36)24(33)17-30(4,5)16-21(2)3/h10-11,15-16,23-24,28H,6-9,12-14,17-20,31H2,1-5H3,(H,35,36)/t23-,24+,28-/m1/s1. The Balaban J connectivity index is 1.92. The highest BCUT2D eigenvalue weighted by Crippen LogP contribution is 2.45. The summed E-state index contributed by atoms with van der Waals surface area (Å²) >= 11 is 0. The van der Waals surface area contributed by atoms with Crippen molar-refractivity contribution in [3.63, 3.8) is 0 Å². The second kappa shape index (κ2) is 13.5. The molecule has 1 aromatic rings. The summed E-state index contributed by atoms with van der Waals surface area (Å²) in [6.07, 6.45) is 6.57. The summed E-state index contributed by atoms with van der Waals surface area (Å²) in [5.74, 6) is -0.343. The molecule has 0 spiro atoms. The number of nitrogens with two attached hydrogens (primary N) is 1. The van der Waals surface area contributed by atoms with E-state index in [1.165, 1.54) is 5.57 Å². The zero-order valence-corrected chi connectivity index (χ0v) is 23.9. The summed E-state index contributed by atoms with van der Waals surface area (Å²) in [6, 6.07) is 5.43. The van der Waals surface area contributed by atoms with E-state index in [-0.39, 0.29) is 36.6 Å². The second-order valence-corrected chi connectivity index (χ2v) is 11.7. The first-order valence-corrected chi connectivity index (χ1v) is 14.1. The maximum absolute atomic E-state index is 13.6. The third-order valence-electron chi connectivity index (χ3n) is 7.63. The quantitative estimate of drug-likeness (QED) is 0.267. The Bertz CT molecular complexity index is 988. The van der Waals surface area contributed by atoms with Crippen molar-refractivity contribution in [2.24, 2.45) is 17.1 Å². The lowest BCUT2D eigenvalue weighted by Crippen LogP contribution is -2.46. The van der Waals surface area contributed by atoms with E-state index in [0.717, 1.165) is 37.8 Å². The first-order chi connectivity index (χ1) is 18.1. The minimum atomic E-state index is -0.827. The number of rotatable bonds is 14. The molecule has 3 N–H and O–H groups in total. The lowest BCUT2D eigenvalue weighted by molar-refractivity contribution is -0.144. The van der Waals surface area contributed by atoms with Gasteiger partial charge in [-0.3, -0.25) is 14.5 Å². The number of carbonyl (C=O) groups excluding carboxylic acids is 1. The van der Waals surface area contributed by atoms with Crippen LogP contribution < -0.4 is 15.2 Å². The van der Waals surface area contributed by atoms with Gasteiger partial charge in [0.15, 0.2) is 11.5 Å². The molecule has 3 atom stereocenters. The van der Waals surface area contributed by atoms with E-state index < -0.39 is 11.9 Å². The van der Waals surface area contributed by atoms with Crippen LogP contribution in [-0.2, 0) is 9.59 Å². The fourth-order valence-corrected chi connectivity index (χ4v) is 6.04. The Kier molecular flexibility index (Phi) is 10.6. The number of carbonyl (C=O) groups is 2. The van der Waals surface area contributed by atoms with E-state index >= 15 is 0 Å². The maximum atomic E-state index is 13.6. The number of benzene rings is 1. The average Bonchev–Trinajstić information content (AvgIpc) is 3.44. The summed E-state index contributed by atoms with van der Waals surface area (Å²) < 4.78 is 11.1. The molecule has 212 valence electrons. The van der Waals surface area contributed by atoms with Crippen LogP contribution in [0.5, 0.6) is 11.5 Å². The van der Waals surface area contributed by atoms with Crippen molar-refractivity contribution < 1.29 is 24.2 Å². The van der Waals surface area contributed by atoms with Crippen LogP contribution in [0.25, 0.3) is 0 Å². The zero-order chi connectivity index (χ0) is 27.9. The second-order valence-electron chi connectivity index (χ2n) is 11.7. The lowest BCUT2D eigenvalue weighted by Gasteiger charge is -2.34. The lowest BCUT2D eigenvalue weighted by atomic mass is 9.77. The molecule has 0 aliphatic carbocycles. The third kappa shape index (κ3) is 7.73. The molecule has 1 saturated heterocycles. The van der Waals surface area contributed by atoms with Gasteiger partial charge in [-0.2, -0.15) is 0 Å². The van der Waals surface area contributed by atoms with Gasteiger partial charge < -0.3 is 25.2 Å². The number of nitrogens with zero attached hydrogens (tertiary/aromatic N) is 2. The molecule has 0 saturated carbocycles. The summed E-state index contributed by atoms with van der Waals surface area (Å²) in [6.45, 7) is 13.4. The van der Waals surface area contributed by atoms with E-state index in [4.69, 9.17) is 15.2 Å². The molecule has 1 amide bonds. The summed E-state index contributed by atoms with van der Waals surface area (Å²) in [5, 5.41) is 10.5. The predicted molar refractivity (Wildman–Crippen MR) is 149 cm³/mol. The molecular weight excluding hydrogens is 482 g/mol. The van der Waals surface area contributed by atoms with E-state index in [2.05, 4.69) is 45.6 Å². The highest BCUT2D eigenvalue weighted by Gasteiger charge is 2.48. The molecule has 2 heterocycles. The molecule has 38 heavy (non-hydrogen) atoms. The highest BCUT2D eigenvalue weighted by molar-refractivity contribution is 5.79. The predicted octanol–water partition coefficient (Wildman–Crippen LogP) is 4.63. The number of hydrogen-bond acceptors (Lipinski definition) is 6.